The highest BCUT2D eigenvalue weighted by atomic mass is 35.5. The Labute approximate surface area is 162 Å². The molecule has 1 aliphatic heterocycles. The third-order valence-corrected chi connectivity index (χ3v) is 5.78. The van der Waals surface area contributed by atoms with Crippen molar-refractivity contribution in [1.29, 1.82) is 0 Å². The third-order valence-electron chi connectivity index (χ3n) is 5.78. The molecule has 1 aromatic carbocycles. The highest BCUT2D eigenvalue weighted by Gasteiger charge is 2.35. The maximum absolute atomic E-state index is 12.5. The predicted molar refractivity (Wildman–Crippen MR) is 106 cm³/mol. The number of benzene rings is 1. The molecule has 146 valence electrons. The van der Waals surface area contributed by atoms with Crippen molar-refractivity contribution in [2.75, 3.05) is 27.3 Å². The average molecular weight is 383 g/mol. The quantitative estimate of drug-likeness (QED) is 0.793. The van der Waals surface area contributed by atoms with E-state index in [4.69, 9.17) is 9.47 Å². The number of carbonyl (C=O) groups is 1. The van der Waals surface area contributed by atoms with Gasteiger partial charge in [-0.25, -0.2) is 0 Å². The predicted octanol–water partition coefficient (Wildman–Crippen LogP) is 3.20. The lowest BCUT2D eigenvalue weighted by atomic mass is 9.69. The molecular formula is C20H31ClN2O3. The van der Waals surface area contributed by atoms with E-state index in [0.29, 0.717) is 6.54 Å². The topological polar surface area (TPSA) is 59.6 Å². The second-order valence-electron chi connectivity index (χ2n) is 7.28. The molecule has 2 N–H and O–H groups in total. The monoisotopic (exact) mass is 382 g/mol. The van der Waals surface area contributed by atoms with E-state index in [9.17, 15) is 4.79 Å². The fourth-order valence-electron chi connectivity index (χ4n) is 4.25. The number of amides is 1. The standard InChI is InChI=1S/C20H30N2O3.ClH/c1-24-17-9-8-15(13-18(17)25-2)20(10-4-3-5-11-20)14-22-19(23)16-7-6-12-21-16;/h8-9,13,16,21H,3-7,10-12,14H2,1-2H3,(H,22,23);1H. The van der Waals surface area contributed by atoms with Gasteiger partial charge in [0.25, 0.3) is 0 Å². The van der Waals surface area contributed by atoms with Crippen LogP contribution in [0.2, 0.25) is 0 Å². The first-order chi connectivity index (χ1) is 12.2. The van der Waals surface area contributed by atoms with Crippen molar-refractivity contribution in [3.63, 3.8) is 0 Å². The smallest absolute Gasteiger partial charge is 0.237 e. The van der Waals surface area contributed by atoms with Crippen LogP contribution in [-0.2, 0) is 10.2 Å². The van der Waals surface area contributed by atoms with Gasteiger partial charge < -0.3 is 20.1 Å². The Morgan fingerprint density at radius 2 is 1.88 bits per heavy atom. The molecule has 6 heteroatoms. The molecule has 0 aromatic heterocycles. The minimum atomic E-state index is -0.0222. The summed E-state index contributed by atoms with van der Waals surface area (Å²) in [5.74, 6) is 1.65. The highest BCUT2D eigenvalue weighted by Crippen LogP contribution is 2.42. The number of methoxy groups -OCH3 is 2. The van der Waals surface area contributed by atoms with Crippen molar-refractivity contribution in [3.05, 3.63) is 23.8 Å². The largest absolute Gasteiger partial charge is 0.493 e. The van der Waals surface area contributed by atoms with Gasteiger partial charge in [0.1, 0.15) is 0 Å². The molecule has 1 saturated heterocycles. The second kappa shape index (κ2) is 9.47. The van der Waals surface area contributed by atoms with Gasteiger partial charge in [-0.15, -0.1) is 12.4 Å². The molecule has 1 heterocycles. The minimum Gasteiger partial charge on any atom is -0.493 e. The van der Waals surface area contributed by atoms with Crippen molar-refractivity contribution in [2.45, 2.75) is 56.4 Å². The van der Waals surface area contributed by atoms with E-state index in [1.165, 1.54) is 24.8 Å². The van der Waals surface area contributed by atoms with Crippen LogP contribution in [0.5, 0.6) is 11.5 Å². The normalized spacial score (nSPS) is 21.5. The van der Waals surface area contributed by atoms with Crippen LogP contribution in [0.25, 0.3) is 0 Å². The van der Waals surface area contributed by atoms with Gasteiger partial charge in [0.15, 0.2) is 11.5 Å². The molecule has 3 rings (SSSR count). The number of ether oxygens (including phenoxy) is 2. The molecule has 0 bridgehead atoms. The van der Waals surface area contributed by atoms with E-state index in [-0.39, 0.29) is 29.8 Å². The molecule has 1 atom stereocenters. The number of nitrogens with one attached hydrogen (secondary N) is 2. The molecule has 0 radical (unpaired) electrons. The van der Waals surface area contributed by atoms with Crippen molar-refractivity contribution < 1.29 is 14.3 Å². The first-order valence-electron chi connectivity index (χ1n) is 9.42. The van der Waals surface area contributed by atoms with Gasteiger partial charge in [0, 0.05) is 12.0 Å². The fraction of sp³-hybridized carbons (Fsp3) is 0.650. The summed E-state index contributed by atoms with van der Waals surface area (Å²) < 4.78 is 10.9. The van der Waals surface area contributed by atoms with Gasteiger partial charge in [-0.1, -0.05) is 25.3 Å². The van der Waals surface area contributed by atoms with Crippen LogP contribution in [0.1, 0.15) is 50.5 Å². The Balaban J connectivity index is 0.00000243. The molecule has 2 fully saturated rings. The van der Waals surface area contributed by atoms with Gasteiger partial charge in [0.05, 0.1) is 20.3 Å². The number of hydrogen-bond acceptors (Lipinski definition) is 4. The van der Waals surface area contributed by atoms with E-state index in [1.807, 2.05) is 6.07 Å². The molecule has 5 nitrogen and oxygen atoms in total. The van der Waals surface area contributed by atoms with Crippen molar-refractivity contribution in [1.82, 2.24) is 10.6 Å². The first kappa shape index (κ1) is 20.8. The molecule has 0 spiro atoms. The summed E-state index contributed by atoms with van der Waals surface area (Å²) in [4.78, 5) is 12.5. The lowest BCUT2D eigenvalue weighted by molar-refractivity contribution is -0.123. The van der Waals surface area contributed by atoms with Crippen molar-refractivity contribution >= 4 is 18.3 Å². The summed E-state index contributed by atoms with van der Waals surface area (Å²) in [6, 6.07) is 6.17. The molecular weight excluding hydrogens is 352 g/mol. The van der Waals surface area contributed by atoms with Crippen LogP contribution in [0, 0.1) is 0 Å². The van der Waals surface area contributed by atoms with Crippen LogP contribution >= 0.6 is 12.4 Å². The Hall–Kier alpha value is -1.46. The Morgan fingerprint density at radius 3 is 2.50 bits per heavy atom. The number of carbonyl (C=O) groups excluding carboxylic acids is 1. The number of rotatable bonds is 6. The molecule has 1 amide bonds. The Bertz CT molecular complexity index is 597. The molecule has 1 unspecified atom stereocenters. The van der Waals surface area contributed by atoms with E-state index >= 15 is 0 Å². The average Bonchev–Trinajstić information content (AvgIpc) is 3.21. The Kier molecular flexibility index (Phi) is 7.59. The summed E-state index contributed by atoms with van der Waals surface area (Å²) in [6.45, 7) is 1.64. The van der Waals surface area contributed by atoms with E-state index < -0.39 is 0 Å². The summed E-state index contributed by atoms with van der Waals surface area (Å²) in [6.07, 6.45) is 7.89. The maximum Gasteiger partial charge on any atom is 0.237 e. The van der Waals surface area contributed by atoms with E-state index in [1.54, 1.807) is 14.2 Å². The molecule has 2 aliphatic rings. The van der Waals surface area contributed by atoms with Crippen molar-refractivity contribution in [2.24, 2.45) is 0 Å². The van der Waals surface area contributed by atoms with E-state index in [0.717, 1.165) is 43.7 Å². The molecule has 1 saturated carbocycles. The first-order valence-corrected chi connectivity index (χ1v) is 9.42. The maximum atomic E-state index is 12.5. The third kappa shape index (κ3) is 4.44. The summed E-state index contributed by atoms with van der Waals surface area (Å²) >= 11 is 0. The number of halogens is 1. The SMILES string of the molecule is COc1ccc(C2(CNC(=O)C3CCCN3)CCCCC2)cc1OC.Cl. The van der Waals surface area contributed by atoms with Crippen LogP contribution in [0.15, 0.2) is 18.2 Å². The molecule has 26 heavy (non-hydrogen) atoms. The summed E-state index contributed by atoms with van der Waals surface area (Å²) in [5.41, 5.74) is 1.23. The van der Waals surface area contributed by atoms with Crippen LogP contribution in [-0.4, -0.2) is 39.3 Å². The zero-order valence-corrected chi connectivity index (χ0v) is 16.6. The lowest BCUT2D eigenvalue weighted by Crippen LogP contribution is -2.47. The van der Waals surface area contributed by atoms with E-state index in [2.05, 4.69) is 22.8 Å². The minimum absolute atomic E-state index is 0. The summed E-state index contributed by atoms with van der Waals surface area (Å²) in [7, 11) is 3.32. The van der Waals surface area contributed by atoms with Crippen LogP contribution < -0.4 is 20.1 Å². The zero-order valence-electron chi connectivity index (χ0n) is 15.8. The summed E-state index contributed by atoms with van der Waals surface area (Å²) in [5, 5.41) is 6.51. The zero-order chi connectivity index (χ0) is 17.7. The van der Waals surface area contributed by atoms with Gasteiger partial charge in [-0.05, 0) is 49.9 Å². The van der Waals surface area contributed by atoms with Gasteiger partial charge in [0.2, 0.25) is 5.91 Å². The van der Waals surface area contributed by atoms with Gasteiger partial charge in [-0.2, -0.15) is 0 Å². The molecule has 1 aliphatic carbocycles. The fourth-order valence-corrected chi connectivity index (χ4v) is 4.25. The number of hydrogen-bond donors (Lipinski definition) is 2. The van der Waals surface area contributed by atoms with Crippen LogP contribution in [0.4, 0.5) is 0 Å². The lowest BCUT2D eigenvalue weighted by Gasteiger charge is -2.38. The molecule has 1 aromatic rings. The second-order valence-corrected chi connectivity index (χ2v) is 7.28. The Morgan fingerprint density at radius 1 is 1.15 bits per heavy atom. The van der Waals surface area contributed by atoms with Gasteiger partial charge >= 0.3 is 0 Å². The van der Waals surface area contributed by atoms with Crippen molar-refractivity contribution in [3.8, 4) is 11.5 Å². The highest BCUT2D eigenvalue weighted by molar-refractivity contribution is 5.85. The van der Waals surface area contributed by atoms with Crippen LogP contribution in [0.3, 0.4) is 0 Å². The van der Waals surface area contributed by atoms with Gasteiger partial charge in [-0.3, -0.25) is 4.79 Å².